The number of amides is 1. The highest BCUT2D eigenvalue weighted by molar-refractivity contribution is 5.74. The molecule has 5 nitrogen and oxygen atoms in total. The predicted octanol–water partition coefficient (Wildman–Crippen LogP) is 4.04. The van der Waals surface area contributed by atoms with Crippen LogP contribution in [0.2, 0.25) is 0 Å². The Hall–Kier alpha value is -2.40. The molecule has 0 fully saturated rings. The molecule has 0 bridgehead atoms. The number of nitrogens with zero attached hydrogens (tertiary/aromatic N) is 3. The van der Waals surface area contributed by atoms with E-state index in [2.05, 4.69) is 45.3 Å². The highest BCUT2D eigenvalue weighted by Gasteiger charge is 2.28. The summed E-state index contributed by atoms with van der Waals surface area (Å²) >= 11 is 0. The lowest BCUT2D eigenvalue weighted by atomic mass is 9.86. The molecular formula is C23H29N3O2. The van der Waals surface area contributed by atoms with Gasteiger partial charge in [0.1, 0.15) is 5.76 Å². The zero-order valence-electron chi connectivity index (χ0n) is 16.9. The van der Waals surface area contributed by atoms with Crippen molar-refractivity contribution in [3.8, 4) is 0 Å². The number of hydrogen-bond donors (Lipinski definition) is 0. The van der Waals surface area contributed by atoms with E-state index in [4.69, 9.17) is 4.52 Å². The number of aryl methyl sites for hydroxylation is 2. The molecule has 148 valence electrons. The average molecular weight is 380 g/mol. The first-order valence-corrected chi connectivity index (χ1v) is 10.3. The molecule has 28 heavy (non-hydrogen) atoms. The largest absolute Gasteiger partial charge is 0.361 e. The van der Waals surface area contributed by atoms with E-state index in [1.54, 1.807) is 6.92 Å². The third-order valence-corrected chi connectivity index (χ3v) is 5.86. The van der Waals surface area contributed by atoms with E-state index in [1.165, 1.54) is 16.7 Å². The maximum Gasteiger partial charge on any atom is 0.220 e. The molecule has 1 aromatic heterocycles. The normalized spacial score (nSPS) is 19.8. The summed E-state index contributed by atoms with van der Waals surface area (Å²) in [5.41, 5.74) is 5.02. The number of carbonyl (C=O) groups is 1. The maximum absolute atomic E-state index is 12.6. The number of fused-ring (bicyclic) bond motifs is 1. The lowest BCUT2D eigenvalue weighted by Gasteiger charge is -2.37. The van der Waals surface area contributed by atoms with Gasteiger partial charge in [-0.15, -0.1) is 0 Å². The smallest absolute Gasteiger partial charge is 0.220 e. The summed E-state index contributed by atoms with van der Waals surface area (Å²) in [7, 11) is 0. The van der Waals surface area contributed by atoms with Crippen LogP contribution in [0.25, 0.3) is 0 Å². The van der Waals surface area contributed by atoms with Gasteiger partial charge in [0.25, 0.3) is 0 Å². The Morgan fingerprint density at radius 1 is 1.36 bits per heavy atom. The molecule has 5 heteroatoms. The first kappa shape index (κ1) is 18.9. The van der Waals surface area contributed by atoms with Gasteiger partial charge in [0, 0.05) is 39.2 Å². The van der Waals surface area contributed by atoms with Crippen LogP contribution in [0.15, 0.2) is 46.5 Å². The molecule has 0 saturated heterocycles. The Morgan fingerprint density at radius 2 is 2.21 bits per heavy atom. The summed E-state index contributed by atoms with van der Waals surface area (Å²) in [6, 6.07) is 10.8. The molecule has 1 aromatic carbocycles. The van der Waals surface area contributed by atoms with E-state index in [0.717, 1.165) is 56.8 Å². The number of aromatic nitrogens is 1. The maximum atomic E-state index is 12.6. The summed E-state index contributed by atoms with van der Waals surface area (Å²) in [5, 5.41) is 4.12. The predicted molar refractivity (Wildman–Crippen MR) is 109 cm³/mol. The van der Waals surface area contributed by atoms with E-state index in [9.17, 15) is 4.79 Å². The van der Waals surface area contributed by atoms with E-state index >= 15 is 0 Å². The number of benzene rings is 1. The van der Waals surface area contributed by atoms with Gasteiger partial charge in [-0.05, 0) is 49.3 Å². The van der Waals surface area contributed by atoms with E-state index < -0.39 is 0 Å². The quantitative estimate of drug-likeness (QED) is 0.736. The van der Waals surface area contributed by atoms with Crippen LogP contribution in [0.1, 0.15) is 54.8 Å². The second-order valence-corrected chi connectivity index (χ2v) is 8.04. The van der Waals surface area contributed by atoms with Crippen molar-refractivity contribution < 1.29 is 9.32 Å². The average Bonchev–Trinajstić information content (AvgIpc) is 3.10. The van der Waals surface area contributed by atoms with E-state index in [-0.39, 0.29) is 11.9 Å². The van der Waals surface area contributed by atoms with Gasteiger partial charge in [0.15, 0.2) is 0 Å². The highest BCUT2D eigenvalue weighted by Crippen LogP contribution is 2.35. The first-order chi connectivity index (χ1) is 13.6. The third-order valence-electron chi connectivity index (χ3n) is 5.86. The van der Waals surface area contributed by atoms with Crippen LogP contribution < -0.4 is 0 Å². The minimum Gasteiger partial charge on any atom is -0.361 e. The molecule has 0 N–H and O–H groups in total. The molecular weight excluding hydrogens is 350 g/mol. The standard InChI is InChI=1S/C23H29N3O2/c1-17-13-21(24-28-17)16-25-12-6-7-19(14-25)15-26(18(2)27)23-11-5-9-20-8-3-4-10-22(20)23/h3-4,7-8,10,13,23H,5-6,9,11-12,14-16H2,1-2H3. The van der Waals surface area contributed by atoms with Crippen LogP contribution in [0.4, 0.5) is 0 Å². The Bertz CT molecular complexity index is 870. The van der Waals surface area contributed by atoms with Gasteiger partial charge in [0.2, 0.25) is 5.91 Å². The lowest BCUT2D eigenvalue weighted by Crippen LogP contribution is -2.39. The Kier molecular flexibility index (Phi) is 5.62. The van der Waals surface area contributed by atoms with Gasteiger partial charge >= 0.3 is 0 Å². The van der Waals surface area contributed by atoms with Gasteiger partial charge in [-0.2, -0.15) is 0 Å². The summed E-state index contributed by atoms with van der Waals surface area (Å²) < 4.78 is 5.20. The Labute approximate surface area is 167 Å². The molecule has 2 aromatic rings. The second-order valence-electron chi connectivity index (χ2n) is 8.04. The molecule has 1 unspecified atom stereocenters. The monoisotopic (exact) mass is 379 g/mol. The van der Waals surface area contributed by atoms with Crippen molar-refractivity contribution in [1.29, 1.82) is 0 Å². The van der Waals surface area contributed by atoms with Crippen molar-refractivity contribution in [3.05, 3.63) is 64.6 Å². The second kappa shape index (κ2) is 8.31. The fourth-order valence-corrected chi connectivity index (χ4v) is 4.56. The zero-order valence-corrected chi connectivity index (χ0v) is 16.9. The fourth-order valence-electron chi connectivity index (χ4n) is 4.56. The molecule has 1 aliphatic carbocycles. The van der Waals surface area contributed by atoms with Crippen LogP contribution in [0, 0.1) is 6.92 Å². The van der Waals surface area contributed by atoms with Crippen LogP contribution >= 0.6 is 0 Å². The number of carbonyl (C=O) groups excluding carboxylic acids is 1. The highest BCUT2D eigenvalue weighted by atomic mass is 16.5. The van der Waals surface area contributed by atoms with Gasteiger partial charge in [-0.3, -0.25) is 9.69 Å². The van der Waals surface area contributed by atoms with Crippen LogP contribution in [-0.4, -0.2) is 40.5 Å². The molecule has 2 aliphatic rings. The summed E-state index contributed by atoms with van der Waals surface area (Å²) in [5.74, 6) is 1.01. The molecule has 0 saturated carbocycles. The molecule has 4 rings (SSSR count). The third kappa shape index (κ3) is 4.20. The van der Waals surface area contributed by atoms with Crippen LogP contribution in [0.3, 0.4) is 0 Å². The molecule has 1 amide bonds. The minimum atomic E-state index is 0.159. The minimum absolute atomic E-state index is 0.159. The van der Waals surface area contributed by atoms with E-state index in [0.29, 0.717) is 6.54 Å². The van der Waals surface area contributed by atoms with Gasteiger partial charge in [-0.1, -0.05) is 35.5 Å². The summed E-state index contributed by atoms with van der Waals surface area (Å²) in [4.78, 5) is 17.0. The van der Waals surface area contributed by atoms with Crippen molar-refractivity contribution in [2.45, 2.75) is 52.1 Å². The SMILES string of the molecule is CC(=O)N(CC1=CCCN(Cc2cc(C)on2)C1)C1CCCc2ccccc21. The van der Waals surface area contributed by atoms with Crippen LogP contribution in [0.5, 0.6) is 0 Å². The molecule has 2 heterocycles. The zero-order chi connectivity index (χ0) is 19.5. The van der Waals surface area contributed by atoms with Crippen molar-refractivity contribution in [2.75, 3.05) is 19.6 Å². The van der Waals surface area contributed by atoms with Crippen molar-refractivity contribution >= 4 is 5.91 Å². The van der Waals surface area contributed by atoms with Crippen molar-refractivity contribution in [2.24, 2.45) is 0 Å². The first-order valence-electron chi connectivity index (χ1n) is 10.3. The summed E-state index contributed by atoms with van der Waals surface area (Å²) in [6.45, 7) is 7.02. The fraction of sp³-hybridized carbons (Fsp3) is 0.478. The molecule has 0 spiro atoms. The van der Waals surface area contributed by atoms with Gasteiger partial charge in [0.05, 0.1) is 11.7 Å². The Morgan fingerprint density at radius 3 is 3.00 bits per heavy atom. The van der Waals surface area contributed by atoms with Crippen LogP contribution in [-0.2, 0) is 17.8 Å². The molecule has 0 radical (unpaired) electrons. The topological polar surface area (TPSA) is 49.6 Å². The van der Waals surface area contributed by atoms with Gasteiger partial charge in [-0.25, -0.2) is 0 Å². The summed E-state index contributed by atoms with van der Waals surface area (Å²) in [6.07, 6.45) is 6.63. The molecule has 1 atom stereocenters. The lowest BCUT2D eigenvalue weighted by molar-refractivity contribution is -0.131. The Balaban J connectivity index is 1.46. The van der Waals surface area contributed by atoms with Gasteiger partial charge < -0.3 is 9.42 Å². The van der Waals surface area contributed by atoms with Crippen molar-refractivity contribution in [3.63, 3.8) is 0 Å². The van der Waals surface area contributed by atoms with Crippen molar-refractivity contribution in [1.82, 2.24) is 15.0 Å². The molecule has 1 aliphatic heterocycles. The van der Waals surface area contributed by atoms with E-state index in [1.807, 2.05) is 13.0 Å². The number of hydrogen-bond acceptors (Lipinski definition) is 4. The number of rotatable bonds is 5.